The van der Waals surface area contributed by atoms with Crippen LogP contribution in [0, 0.1) is 0 Å². The van der Waals surface area contributed by atoms with Gasteiger partial charge >= 0.3 is 5.63 Å². The fourth-order valence-electron chi connectivity index (χ4n) is 2.40. The number of benzene rings is 2. The van der Waals surface area contributed by atoms with Crippen LogP contribution < -0.4 is 10.4 Å². The number of ether oxygens (including phenoxy) is 1. The highest BCUT2D eigenvalue weighted by molar-refractivity contribution is 6.33. The molecule has 2 aromatic carbocycles. The van der Waals surface area contributed by atoms with Gasteiger partial charge in [-0.25, -0.2) is 4.79 Å². The topological polar surface area (TPSA) is 39.4 Å². The number of aryl methyl sites for hydroxylation is 1. The summed E-state index contributed by atoms with van der Waals surface area (Å²) in [6.45, 7) is 2.26. The molecule has 0 amide bonds. The average molecular weight is 349 g/mol. The summed E-state index contributed by atoms with van der Waals surface area (Å²) >= 11 is 12.4. The van der Waals surface area contributed by atoms with Gasteiger partial charge in [0, 0.05) is 28.1 Å². The first-order valence-electron chi connectivity index (χ1n) is 7.21. The standard InChI is InChI=1S/C18H14Cl2O3/c1-2-11-7-18(21)23-16-9-17(15(20)8-13(11)16)22-10-12-5-3-4-6-14(12)19/h3-9H,2,10H2,1H3. The molecule has 0 N–H and O–H groups in total. The zero-order chi connectivity index (χ0) is 16.4. The van der Waals surface area contributed by atoms with Crippen molar-refractivity contribution in [1.82, 2.24) is 0 Å². The van der Waals surface area contributed by atoms with E-state index in [-0.39, 0.29) is 12.2 Å². The lowest BCUT2D eigenvalue weighted by molar-refractivity contribution is 0.306. The Bertz CT molecular complexity index is 916. The van der Waals surface area contributed by atoms with Crippen LogP contribution >= 0.6 is 23.2 Å². The first-order valence-corrected chi connectivity index (χ1v) is 7.96. The molecule has 0 aliphatic rings. The number of fused-ring (bicyclic) bond motifs is 1. The molecule has 3 aromatic rings. The maximum atomic E-state index is 11.6. The molecule has 118 valence electrons. The third-order valence-corrected chi connectivity index (χ3v) is 4.27. The molecule has 1 heterocycles. The molecular weight excluding hydrogens is 335 g/mol. The van der Waals surface area contributed by atoms with Crippen molar-refractivity contribution in [3.8, 4) is 5.75 Å². The molecule has 0 saturated carbocycles. The molecule has 5 heteroatoms. The second kappa shape index (κ2) is 6.65. The second-order valence-electron chi connectivity index (χ2n) is 5.10. The smallest absolute Gasteiger partial charge is 0.336 e. The molecule has 0 spiro atoms. The molecule has 0 bridgehead atoms. The minimum Gasteiger partial charge on any atom is -0.487 e. The largest absolute Gasteiger partial charge is 0.487 e. The Labute approximate surface area is 143 Å². The molecule has 0 aliphatic heterocycles. The normalized spacial score (nSPS) is 10.9. The highest BCUT2D eigenvalue weighted by atomic mass is 35.5. The molecule has 0 fully saturated rings. The maximum absolute atomic E-state index is 11.6. The molecular formula is C18H14Cl2O3. The van der Waals surface area contributed by atoms with Gasteiger partial charge in [0.25, 0.3) is 0 Å². The van der Waals surface area contributed by atoms with E-state index in [1.54, 1.807) is 18.2 Å². The first kappa shape index (κ1) is 15.9. The van der Waals surface area contributed by atoms with Crippen LogP contribution in [0.1, 0.15) is 18.1 Å². The minimum absolute atomic E-state index is 0.280. The molecule has 0 radical (unpaired) electrons. The fraction of sp³-hybridized carbons (Fsp3) is 0.167. The quantitative estimate of drug-likeness (QED) is 0.605. The van der Waals surface area contributed by atoms with E-state index < -0.39 is 0 Å². The van der Waals surface area contributed by atoms with E-state index in [1.807, 2.05) is 25.1 Å². The van der Waals surface area contributed by atoms with Crippen molar-refractivity contribution in [2.75, 3.05) is 0 Å². The Morgan fingerprint density at radius 2 is 1.83 bits per heavy atom. The third kappa shape index (κ3) is 3.36. The van der Waals surface area contributed by atoms with Gasteiger partial charge in [-0.15, -0.1) is 0 Å². The summed E-state index contributed by atoms with van der Waals surface area (Å²) in [5, 5.41) is 1.92. The summed E-state index contributed by atoms with van der Waals surface area (Å²) in [5.41, 5.74) is 1.84. The van der Waals surface area contributed by atoms with Crippen LogP contribution in [0.15, 0.2) is 51.7 Å². The molecule has 23 heavy (non-hydrogen) atoms. The van der Waals surface area contributed by atoms with Crippen LogP contribution in [0.25, 0.3) is 11.0 Å². The van der Waals surface area contributed by atoms with Gasteiger partial charge in [-0.1, -0.05) is 48.3 Å². The Kier molecular flexibility index (Phi) is 4.60. The van der Waals surface area contributed by atoms with E-state index in [1.165, 1.54) is 6.07 Å². The summed E-state index contributed by atoms with van der Waals surface area (Å²) in [6, 6.07) is 12.3. The van der Waals surface area contributed by atoms with Crippen LogP contribution in [-0.2, 0) is 13.0 Å². The van der Waals surface area contributed by atoms with Crippen LogP contribution in [0.4, 0.5) is 0 Å². The molecule has 3 nitrogen and oxygen atoms in total. The monoisotopic (exact) mass is 348 g/mol. The van der Waals surface area contributed by atoms with Gasteiger partial charge in [0.05, 0.1) is 5.02 Å². The maximum Gasteiger partial charge on any atom is 0.336 e. The first-order chi connectivity index (χ1) is 11.1. The predicted octanol–water partition coefficient (Wildman–Crippen LogP) is 5.24. The van der Waals surface area contributed by atoms with E-state index in [2.05, 4.69) is 0 Å². The Hall–Kier alpha value is -1.97. The van der Waals surface area contributed by atoms with Crippen molar-refractivity contribution in [3.63, 3.8) is 0 Å². The summed E-state index contributed by atoms with van der Waals surface area (Å²) in [5.74, 6) is 0.454. The predicted molar refractivity (Wildman–Crippen MR) is 92.7 cm³/mol. The molecule has 0 atom stereocenters. The van der Waals surface area contributed by atoms with E-state index >= 15 is 0 Å². The number of rotatable bonds is 4. The highest BCUT2D eigenvalue weighted by Crippen LogP contribution is 2.32. The SMILES string of the molecule is CCc1cc(=O)oc2cc(OCc3ccccc3Cl)c(Cl)cc12. The van der Waals surface area contributed by atoms with Gasteiger partial charge in [-0.3, -0.25) is 0 Å². The average Bonchev–Trinajstić information content (AvgIpc) is 2.54. The van der Waals surface area contributed by atoms with Crippen molar-refractivity contribution in [2.45, 2.75) is 20.0 Å². The van der Waals surface area contributed by atoms with Crippen molar-refractivity contribution in [3.05, 3.63) is 74.1 Å². The van der Waals surface area contributed by atoms with Gasteiger partial charge in [0.1, 0.15) is 17.9 Å². The van der Waals surface area contributed by atoms with Crippen LogP contribution in [0.5, 0.6) is 5.75 Å². The lowest BCUT2D eigenvalue weighted by atomic mass is 10.1. The lowest BCUT2D eigenvalue weighted by Gasteiger charge is -2.11. The Morgan fingerprint density at radius 3 is 2.57 bits per heavy atom. The zero-order valence-corrected chi connectivity index (χ0v) is 13.9. The van der Waals surface area contributed by atoms with Crippen molar-refractivity contribution >= 4 is 34.2 Å². The molecule has 0 unspecified atom stereocenters. The highest BCUT2D eigenvalue weighted by Gasteiger charge is 2.11. The van der Waals surface area contributed by atoms with Crippen LogP contribution in [-0.4, -0.2) is 0 Å². The van der Waals surface area contributed by atoms with E-state index in [0.717, 1.165) is 22.9 Å². The van der Waals surface area contributed by atoms with Gasteiger partial charge in [0.2, 0.25) is 0 Å². The van der Waals surface area contributed by atoms with Crippen molar-refractivity contribution in [1.29, 1.82) is 0 Å². The Balaban J connectivity index is 1.97. The zero-order valence-electron chi connectivity index (χ0n) is 12.4. The molecule has 0 aliphatic carbocycles. The van der Waals surface area contributed by atoms with E-state index in [4.69, 9.17) is 32.4 Å². The van der Waals surface area contributed by atoms with Gasteiger partial charge in [-0.2, -0.15) is 0 Å². The van der Waals surface area contributed by atoms with E-state index in [0.29, 0.717) is 21.4 Å². The fourth-order valence-corrected chi connectivity index (χ4v) is 2.81. The number of hydrogen-bond donors (Lipinski definition) is 0. The third-order valence-electron chi connectivity index (χ3n) is 3.60. The van der Waals surface area contributed by atoms with Gasteiger partial charge in [0.15, 0.2) is 0 Å². The van der Waals surface area contributed by atoms with E-state index in [9.17, 15) is 4.79 Å². The summed E-state index contributed by atoms with van der Waals surface area (Å²) in [7, 11) is 0. The minimum atomic E-state index is -0.381. The van der Waals surface area contributed by atoms with Crippen LogP contribution in [0.2, 0.25) is 10.0 Å². The summed E-state index contributed by atoms with van der Waals surface area (Å²) < 4.78 is 11.0. The molecule has 1 aromatic heterocycles. The van der Waals surface area contributed by atoms with Gasteiger partial charge < -0.3 is 9.15 Å². The summed E-state index contributed by atoms with van der Waals surface area (Å²) in [4.78, 5) is 11.6. The second-order valence-corrected chi connectivity index (χ2v) is 5.92. The van der Waals surface area contributed by atoms with Crippen LogP contribution in [0.3, 0.4) is 0 Å². The van der Waals surface area contributed by atoms with Gasteiger partial charge in [-0.05, 0) is 24.1 Å². The van der Waals surface area contributed by atoms with Crippen molar-refractivity contribution < 1.29 is 9.15 Å². The van der Waals surface area contributed by atoms with Crippen molar-refractivity contribution in [2.24, 2.45) is 0 Å². The number of hydrogen-bond acceptors (Lipinski definition) is 3. The lowest BCUT2D eigenvalue weighted by Crippen LogP contribution is -2.01. The number of halogens is 2. The molecule has 3 rings (SSSR count). The molecule has 0 saturated heterocycles. The Morgan fingerprint density at radius 1 is 1.04 bits per heavy atom. The summed E-state index contributed by atoms with van der Waals surface area (Å²) in [6.07, 6.45) is 0.720.